The second kappa shape index (κ2) is 6.69. The highest BCUT2D eigenvalue weighted by Crippen LogP contribution is 2.30. The second-order valence-corrected chi connectivity index (χ2v) is 9.61. The molecular weight excluding hydrogens is 342 g/mol. The summed E-state index contributed by atoms with van der Waals surface area (Å²) in [4.78, 5) is 14.8. The van der Waals surface area contributed by atoms with Crippen molar-refractivity contribution < 1.29 is 13.2 Å². The molecule has 25 heavy (non-hydrogen) atoms. The van der Waals surface area contributed by atoms with Gasteiger partial charge in [0, 0.05) is 52.0 Å². The lowest BCUT2D eigenvalue weighted by Gasteiger charge is -2.36. The van der Waals surface area contributed by atoms with Crippen LogP contribution < -0.4 is 0 Å². The molecular formula is C16H27N5O3S. The van der Waals surface area contributed by atoms with Crippen LogP contribution in [0.2, 0.25) is 0 Å². The number of rotatable bonds is 4. The molecule has 9 heteroatoms. The largest absolute Gasteiger partial charge is 0.334 e. The molecule has 140 valence electrons. The Morgan fingerprint density at radius 3 is 2.56 bits per heavy atom. The first kappa shape index (κ1) is 18.3. The Bertz CT molecular complexity index is 743. The summed E-state index contributed by atoms with van der Waals surface area (Å²) in [5, 5.41) is 4.25. The number of fused-ring (bicyclic) bond motifs is 4. The average molecular weight is 369 g/mol. The van der Waals surface area contributed by atoms with Crippen molar-refractivity contribution in [1.82, 2.24) is 23.3 Å². The van der Waals surface area contributed by atoms with Crippen LogP contribution in [0.4, 0.5) is 0 Å². The zero-order chi connectivity index (χ0) is 18.4. The molecule has 8 nitrogen and oxygen atoms in total. The highest BCUT2D eigenvalue weighted by atomic mass is 32.2. The number of carbonyl (C=O) groups is 1. The molecule has 0 spiro atoms. The van der Waals surface area contributed by atoms with E-state index in [0.29, 0.717) is 25.2 Å². The second-order valence-electron chi connectivity index (χ2n) is 7.46. The Morgan fingerprint density at radius 2 is 1.96 bits per heavy atom. The van der Waals surface area contributed by atoms with Crippen LogP contribution in [0.3, 0.4) is 0 Å². The predicted octanol–water partition coefficient (Wildman–Crippen LogP) is 0.807. The highest BCUT2D eigenvalue weighted by molar-refractivity contribution is 7.86. The van der Waals surface area contributed by atoms with E-state index in [9.17, 15) is 13.2 Å². The number of aromatic nitrogens is 2. The molecule has 0 radical (unpaired) electrons. The van der Waals surface area contributed by atoms with Gasteiger partial charge < -0.3 is 4.90 Å². The Kier molecular flexibility index (Phi) is 4.91. The normalized spacial score (nSPS) is 25.0. The minimum absolute atomic E-state index is 0.0503. The first-order valence-electron chi connectivity index (χ1n) is 8.73. The molecule has 2 bridgehead atoms. The van der Waals surface area contributed by atoms with Gasteiger partial charge in [-0.05, 0) is 32.6 Å². The van der Waals surface area contributed by atoms with Crippen LogP contribution in [-0.2, 0) is 10.2 Å². The van der Waals surface area contributed by atoms with Gasteiger partial charge in [0.15, 0.2) is 0 Å². The van der Waals surface area contributed by atoms with Crippen LogP contribution >= 0.6 is 0 Å². The van der Waals surface area contributed by atoms with Crippen molar-refractivity contribution in [3.8, 4) is 0 Å². The van der Waals surface area contributed by atoms with E-state index >= 15 is 0 Å². The number of carbonyl (C=O) groups excluding carboxylic acids is 1. The molecule has 1 amide bonds. The third kappa shape index (κ3) is 3.45. The molecule has 0 N–H and O–H groups in total. The van der Waals surface area contributed by atoms with Crippen LogP contribution in [0.25, 0.3) is 0 Å². The monoisotopic (exact) mass is 369 g/mol. The van der Waals surface area contributed by atoms with Gasteiger partial charge in [-0.3, -0.25) is 9.48 Å². The minimum Gasteiger partial charge on any atom is -0.334 e. The van der Waals surface area contributed by atoms with Gasteiger partial charge in [-0.25, -0.2) is 0 Å². The van der Waals surface area contributed by atoms with E-state index < -0.39 is 10.2 Å². The van der Waals surface area contributed by atoms with Gasteiger partial charge in [-0.1, -0.05) is 0 Å². The molecule has 0 aromatic carbocycles. The van der Waals surface area contributed by atoms with Gasteiger partial charge in [-0.2, -0.15) is 22.1 Å². The maximum atomic E-state index is 13.0. The summed E-state index contributed by atoms with van der Waals surface area (Å²) in [6.07, 6.45) is 5.18. The third-order valence-corrected chi connectivity index (χ3v) is 6.98. The molecule has 0 unspecified atom stereocenters. The van der Waals surface area contributed by atoms with Crippen molar-refractivity contribution in [3.05, 3.63) is 18.0 Å². The van der Waals surface area contributed by atoms with Crippen molar-refractivity contribution >= 4 is 16.1 Å². The predicted molar refractivity (Wildman–Crippen MR) is 94.3 cm³/mol. The van der Waals surface area contributed by atoms with Crippen LogP contribution in [0.15, 0.2) is 12.4 Å². The van der Waals surface area contributed by atoms with Gasteiger partial charge >= 0.3 is 0 Å². The molecule has 0 saturated carbocycles. The fraction of sp³-hybridized carbons (Fsp3) is 0.750. The molecule has 4 rings (SSSR count). The Labute approximate surface area is 149 Å². The van der Waals surface area contributed by atoms with Gasteiger partial charge in [0.2, 0.25) is 0 Å². The summed E-state index contributed by atoms with van der Waals surface area (Å²) in [5.74, 6) is 0.128. The number of amides is 1. The topological polar surface area (TPSA) is 78.8 Å². The number of nitrogens with zero attached hydrogens (tertiary/aromatic N) is 5. The van der Waals surface area contributed by atoms with Gasteiger partial charge in [0.1, 0.15) is 0 Å². The average Bonchev–Trinajstić information content (AvgIpc) is 2.86. The molecule has 3 aliphatic heterocycles. The number of hydrogen-bond acceptors (Lipinski definition) is 4. The van der Waals surface area contributed by atoms with Crippen molar-refractivity contribution in [1.29, 1.82) is 0 Å². The van der Waals surface area contributed by atoms with Crippen LogP contribution in [-0.4, -0.2) is 77.4 Å². The van der Waals surface area contributed by atoms with Crippen molar-refractivity contribution in [3.63, 3.8) is 0 Å². The minimum atomic E-state index is -3.46. The summed E-state index contributed by atoms with van der Waals surface area (Å²) >= 11 is 0. The first-order valence-corrected chi connectivity index (χ1v) is 10.1. The molecule has 1 aromatic heterocycles. The zero-order valence-electron chi connectivity index (χ0n) is 15.3. The fourth-order valence-electron chi connectivity index (χ4n) is 3.60. The molecule has 3 aliphatic rings. The summed E-state index contributed by atoms with van der Waals surface area (Å²) in [5.41, 5.74) is 0.572. The van der Waals surface area contributed by atoms with E-state index in [1.165, 1.54) is 8.61 Å². The summed E-state index contributed by atoms with van der Waals surface area (Å²) in [6.45, 7) is 5.47. The summed E-state index contributed by atoms with van der Waals surface area (Å²) in [6, 6.07) is 0.117. The quantitative estimate of drug-likeness (QED) is 0.787. The van der Waals surface area contributed by atoms with E-state index in [1.54, 1.807) is 31.2 Å². The van der Waals surface area contributed by atoms with E-state index in [-0.39, 0.29) is 23.9 Å². The van der Waals surface area contributed by atoms with Crippen LogP contribution in [0, 0.1) is 5.92 Å². The fourth-order valence-corrected chi connectivity index (χ4v) is 4.83. The SMILES string of the molecule is CC(C)n1cc(C(=O)N2C[C@H]3CC[C@@H]2CN(S(=O)(=O)N(C)C)C3)cn1. The molecule has 3 fully saturated rings. The number of hydrogen-bond donors (Lipinski definition) is 0. The lowest BCUT2D eigenvalue weighted by molar-refractivity contribution is 0.0588. The van der Waals surface area contributed by atoms with Gasteiger partial charge in [0.25, 0.3) is 16.1 Å². The maximum Gasteiger partial charge on any atom is 0.281 e. The third-order valence-electron chi connectivity index (χ3n) is 5.11. The molecule has 4 heterocycles. The van der Waals surface area contributed by atoms with E-state index in [1.807, 2.05) is 18.7 Å². The van der Waals surface area contributed by atoms with Crippen molar-refractivity contribution in [2.45, 2.75) is 38.8 Å². The molecule has 3 saturated heterocycles. The summed E-state index contributed by atoms with van der Waals surface area (Å²) in [7, 11) is -0.364. The van der Waals surface area contributed by atoms with Gasteiger partial charge in [0.05, 0.1) is 11.8 Å². The van der Waals surface area contributed by atoms with Crippen molar-refractivity contribution in [2.75, 3.05) is 33.7 Å². The van der Waals surface area contributed by atoms with Crippen molar-refractivity contribution in [2.24, 2.45) is 5.92 Å². The summed E-state index contributed by atoms with van der Waals surface area (Å²) < 4.78 is 29.6. The lowest BCUT2D eigenvalue weighted by Crippen LogP contribution is -2.48. The van der Waals surface area contributed by atoms with Crippen LogP contribution in [0.1, 0.15) is 43.1 Å². The number of piperidine rings is 1. The standard InChI is InChI=1S/C16H27N5O3S/c1-12(2)21-10-14(7-17-21)16(22)20-9-13-5-6-15(20)11-19(8-13)25(23,24)18(3)4/h7,10,12-13,15H,5-6,8-9,11H2,1-4H3/t13-,15+/m0/s1. The molecule has 2 atom stereocenters. The van der Waals surface area contributed by atoms with Gasteiger partial charge in [-0.15, -0.1) is 0 Å². The Morgan fingerprint density at radius 1 is 1.24 bits per heavy atom. The highest BCUT2D eigenvalue weighted by Gasteiger charge is 2.41. The smallest absolute Gasteiger partial charge is 0.281 e. The first-order chi connectivity index (χ1) is 11.7. The Hall–Kier alpha value is -1.45. The zero-order valence-corrected chi connectivity index (χ0v) is 16.1. The molecule has 0 aliphatic carbocycles. The van der Waals surface area contributed by atoms with E-state index in [2.05, 4.69) is 5.10 Å². The lowest BCUT2D eigenvalue weighted by atomic mass is 9.94. The van der Waals surface area contributed by atoms with E-state index in [0.717, 1.165) is 12.8 Å². The van der Waals surface area contributed by atoms with Crippen LogP contribution in [0.5, 0.6) is 0 Å². The molecule has 1 aromatic rings. The van der Waals surface area contributed by atoms with E-state index in [4.69, 9.17) is 0 Å². The Balaban J connectivity index is 1.81. The maximum absolute atomic E-state index is 13.0.